The molecule has 0 saturated heterocycles. The van der Waals surface area contributed by atoms with Gasteiger partial charge in [0.1, 0.15) is 6.04 Å². The molecule has 0 spiro atoms. The summed E-state index contributed by atoms with van der Waals surface area (Å²) >= 11 is 1.09. The van der Waals surface area contributed by atoms with Crippen molar-refractivity contribution in [3.8, 4) is 23.0 Å². The Morgan fingerprint density at radius 3 is 2.79 bits per heavy atom. The number of methoxy groups -OCH3 is 1. The Balaban J connectivity index is 1.56. The van der Waals surface area contributed by atoms with Crippen LogP contribution in [-0.2, 0) is 14.3 Å². The average Bonchev–Trinajstić information content (AvgIpc) is 3.33. The molecule has 1 atom stereocenters. The van der Waals surface area contributed by atoms with Crippen LogP contribution in [0.25, 0.3) is 11.5 Å². The molecule has 1 aromatic carbocycles. The molecule has 0 aliphatic carbocycles. The van der Waals surface area contributed by atoms with Crippen molar-refractivity contribution in [2.75, 3.05) is 19.7 Å². The number of aromatic nitrogens is 2. The average molecular weight is 407 g/mol. The smallest absolute Gasteiger partial charge is 0.328 e. The highest BCUT2D eigenvalue weighted by Crippen LogP contribution is 2.35. The Morgan fingerprint density at radius 2 is 2.04 bits per heavy atom. The summed E-state index contributed by atoms with van der Waals surface area (Å²) in [6.07, 6.45) is 0.498. The minimum atomic E-state index is -0.676. The van der Waals surface area contributed by atoms with E-state index < -0.39 is 12.0 Å². The van der Waals surface area contributed by atoms with Gasteiger partial charge in [-0.05, 0) is 30.5 Å². The van der Waals surface area contributed by atoms with E-state index >= 15 is 0 Å². The van der Waals surface area contributed by atoms with Crippen LogP contribution in [0, 0.1) is 5.92 Å². The van der Waals surface area contributed by atoms with Crippen molar-refractivity contribution in [2.45, 2.75) is 31.5 Å². The van der Waals surface area contributed by atoms with Gasteiger partial charge in [0.2, 0.25) is 18.6 Å². The minimum absolute atomic E-state index is 0.0361. The fourth-order valence-electron chi connectivity index (χ4n) is 2.61. The van der Waals surface area contributed by atoms with E-state index in [2.05, 4.69) is 15.5 Å². The number of amides is 1. The Kier molecular flexibility index (Phi) is 6.40. The van der Waals surface area contributed by atoms with E-state index in [1.807, 2.05) is 13.8 Å². The van der Waals surface area contributed by atoms with Crippen molar-refractivity contribution < 1.29 is 28.2 Å². The topological polar surface area (TPSA) is 113 Å². The minimum Gasteiger partial charge on any atom is -0.467 e. The van der Waals surface area contributed by atoms with Gasteiger partial charge in [-0.15, -0.1) is 10.2 Å². The van der Waals surface area contributed by atoms with Crippen molar-refractivity contribution in [3.05, 3.63) is 18.2 Å². The van der Waals surface area contributed by atoms with Gasteiger partial charge in [0.05, 0.1) is 12.9 Å². The van der Waals surface area contributed by atoms with Crippen molar-refractivity contribution in [3.63, 3.8) is 0 Å². The molecule has 2 heterocycles. The van der Waals surface area contributed by atoms with Crippen molar-refractivity contribution in [2.24, 2.45) is 5.92 Å². The number of carbonyl (C=O) groups excluding carboxylic acids is 2. The Bertz CT molecular complexity index is 854. The Morgan fingerprint density at radius 1 is 1.25 bits per heavy atom. The van der Waals surface area contributed by atoms with E-state index in [0.29, 0.717) is 29.4 Å². The highest BCUT2D eigenvalue weighted by atomic mass is 32.2. The number of carbonyl (C=O) groups is 2. The number of ether oxygens (including phenoxy) is 3. The normalized spacial score (nSPS) is 13.4. The number of hydrogen-bond acceptors (Lipinski definition) is 9. The summed E-state index contributed by atoms with van der Waals surface area (Å²) in [6.45, 7) is 4.11. The van der Waals surface area contributed by atoms with Crippen LogP contribution < -0.4 is 14.8 Å². The van der Waals surface area contributed by atoms with Gasteiger partial charge in [0.15, 0.2) is 11.5 Å². The molecule has 28 heavy (non-hydrogen) atoms. The second kappa shape index (κ2) is 8.96. The predicted octanol–water partition coefficient (Wildman–Crippen LogP) is 2.26. The molecule has 9 nitrogen and oxygen atoms in total. The number of nitrogens with zero attached hydrogens (tertiary/aromatic N) is 2. The van der Waals surface area contributed by atoms with Crippen molar-refractivity contribution >= 4 is 23.6 Å². The molecule has 2 aromatic rings. The molecule has 0 radical (unpaired) electrons. The maximum absolute atomic E-state index is 12.2. The number of benzene rings is 1. The Labute approximate surface area is 166 Å². The van der Waals surface area contributed by atoms with E-state index in [0.717, 1.165) is 11.8 Å². The third-order valence-corrected chi connectivity index (χ3v) is 4.70. The van der Waals surface area contributed by atoms with Crippen molar-refractivity contribution in [1.82, 2.24) is 15.5 Å². The standard InChI is InChI=1S/C18H21N3O6S/c1-10(2)6-12(17(23)24-3)19-15(22)8-28-18-21-20-16(27-18)11-4-5-13-14(7-11)26-9-25-13/h4-5,7,10,12H,6,8-9H2,1-3H3,(H,19,22)/t12-/m0/s1. The maximum atomic E-state index is 12.2. The molecule has 1 N–H and O–H groups in total. The van der Waals surface area contributed by atoms with Crippen LogP contribution in [-0.4, -0.2) is 47.8 Å². The lowest BCUT2D eigenvalue weighted by Crippen LogP contribution is -2.43. The van der Waals surface area contributed by atoms with Gasteiger partial charge in [-0.3, -0.25) is 4.79 Å². The van der Waals surface area contributed by atoms with Gasteiger partial charge in [-0.25, -0.2) is 4.79 Å². The molecule has 0 unspecified atom stereocenters. The number of hydrogen-bond donors (Lipinski definition) is 1. The molecule has 1 aliphatic rings. The molecule has 150 valence electrons. The van der Waals surface area contributed by atoms with E-state index in [4.69, 9.17) is 18.6 Å². The fourth-order valence-corrected chi connectivity index (χ4v) is 3.18. The van der Waals surface area contributed by atoms with Crippen LogP contribution >= 0.6 is 11.8 Å². The van der Waals surface area contributed by atoms with Gasteiger partial charge in [-0.1, -0.05) is 25.6 Å². The van der Waals surface area contributed by atoms with Crippen LogP contribution in [0.2, 0.25) is 0 Å². The van der Waals surface area contributed by atoms with E-state index in [9.17, 15) is 9.59 Å². The summed E-state index contributed by atoms with van der Waals surface area (Å²) in [5.74, 6) is 1.08. The second-order valence-electron chi connectivity index (χ2n) is 6.50. The summed E-state index contributed by atoms with van der Waals surface area (Å²) in [7, 11) is 1.30. The van der Waals surface area contributed by atoms with Gasteiger partial charge < -0.3 is 23.9 Å². The lowest BCUT2D eigenvalue weighted by Gasteiger charge is -2.17. The summed E-state index contributed by atoms with van der Waals surface area (Å²) in [5, 5.41) is 10.9. The molecule has 1 aromatic heterocycles. The van der Waals surface area contributed by atoms with Crippen LogP contribution in [0.15, 0.2) is 27.8 Å². The first-order valence-electron chi connectivity index (χ1n) is 8.69. The molecule has 3 rings (SSSR count). The number of thioether (sulfide) groups is 1. The number of fused-ring (bicyclic) bond motifs is 1. The largest absolute Gasteiger partial charge is 0.467 e. The van der Waals surface area contributed by atoms with E-state index in [-0.39, 0.29) is 29.6 Å². The molecular weight excluding hydrogens is 386 g/mol. The van der Waals surface area contributed by atoms with Gasteiger partial charge in [0, 0.05) is 5.56 Å². The number of esters is 1. The van der Waals surface area contributed by atoms with E-state index in [1.54, 1.807) is 18.2 Å². The fraction of sp³-hybridized carbons (Fsp3) is 0.444. The summed E-state index contributed by atoms with van der Waals surface area (Å²) in [6, 6.07) is 4.63. The monoisotopic (exact) mass is 407 g/mol. The first kappa shape index (κ1) is 20.0. The van der Waals surface area contributed by atoms with E-state index in [1.165, 1.54) is 7.11 Å². The number of nitrogens with one attached hydrogen (secondary N) is 1. The number of rotatable bonds is 8. The van der Waals surface area contributed by atoms with Gasteiger partial charge >= 0.3 is 5.97 Å². The first-order chi connectivity index (χ1) is 13.5. The van der Waals surface area contributed by atoms with Gasteiger partial charge in [0.25, 0.3) is 5.22 Å². The van der Waals surface area contributed by atoms with Crippen LogP contribution in [0.1, 0.15) is 20.3 Å². The maximum Gasteiger partial charge on any atom is 0.328 e. The van der Waals surface area contributed by atoms with Crippen LogP contribution in [0.3, 0.4) is 0 Å². The van der Waals surface area contributed by atoms with Gasteiger partial charge in [-0.2, -0.15) is 0 Å². The molecule has 0 fully saturated rings. The second-order valence-corrected chi connectivity index (χ2v) is 7.43. The zero-order valence-electron chi connectivity index (χ0n) is 15.8. The molecule has 1 amide bonds. The summed E-state index contributed by atoms with van der Waals surface area (Å²) in [4.78, 5) is 24.0. The third-order valence-electron chi connectivity index (χ3n) is 3.88. The molecule has 10 heteroatoms. The summed E-state index contributed by atoms with van der Waals surface area (Å²) in [5.41, 5.74) is 0.691. The lowest BCUT2D eigenvalue weighted by atomic mass is 10.0. The highest BCUT2D eigenvalue weighted by molar-refractivity contribution is 7.99. The van der Waals surface area contributed by atoms with Crippen LogP contribution in [0.5, 0.6) is 11.5 Å². The third kappa shape index (κ3) is 4.94. The first-order valence-corrected chi connectivity index (χ1v) is 9.68. The zero-order chi connectivity index (χ0) is 20.1. The quantitative estimate of drug-likeness (QED) is 0.520. The van der Waals surface area contributed by atoms with Crippen LogP contribution in [0.4, 0.5) is 0 Å². The molecule has 0 bridgehead atoms. The SMILES string of the molecule is COC(=O)[C@H](CC(C)C)NC(=O)CSc1nnc(-c2ccc3c(c2)OCO3)o1. The molecule has 1 aliphatic heterocycles. The van der Waals surface area contributed by atoms with Crippen molar-refractivity contribution in [1.29, 1.82) is 0 Å². The molecular formula is C18H21N3O6S. The zero-order valence-corrected chi connectivity index (χ0v) is 16.6. The molecule has 0 saturated carbocycles. The predicted molar refractivity (Wildman–Crippen MR) is 100.0 cm³/mol. The lowest BCUT2D eigenvalue weighted by molar-refractivity contribution is -0.145. The summed E-state index contributed by atoms with van der Waals surface area (Å²) < 4.78 is 20.9. The Hall–Kier alpha value is -2.75. The highest BCUT2D eigenvalue weighted by Gasteiger charge is 2.23.